The summed E-state index contributed by atoms with van der Waals surface area (Å²) in [5.41, 5.74) is 6.56. The van der Waals surface area contributed by atoms with E-state index in [2.05, 4.69) is 25.1 Å². The molecule has 2 atom stereocenters. The first kappa shape index (κ1) is 33.1. The largest absolute Gasteiger partial charge is 0.543 e. The van der Waals surface area contributed by atoms with E-state index in [-0.39, 0.29) is 58.6 Å². The molecule has 0 spiro atoms. The number of hydrogen-bond donors (Lipinski definition) is 5. The number of pyridine rings is 1. The number of aliphatic carboxylic acids is 1. The zero-order valence-corrected chi connectivity index (χ0v) is 26.9. The number of rotatable bonds is 10. The van der Waals surface area contributed by atoms with Crippen LogP contribution in [0.15, 0.2) is 76.9 Å². The number of fused-ring (bicyclic) bond motifs is 1. The summed E-state index contributed by atoms with van der Waals surface area (Å²) in [6.07, 6.45) is 5.28. The fourth-order valence-corrected chi connectivity index (χ4v) is 7.21. The van der Waals surface area contributed by atoms with Crippen LogP contribution in [0.5, 0.6) is 5.75 Å². The number of nitrogens with one attached hydrogen (secondary N) is 2. The Bertz CT molecular complexity index is 1940. The van der Waals surface area contributed by atoms with Crippen molar-refractivity contribution in [3.8, 4) is 5.75 Å². The van der Waals surface area contributed by atoms with Crippen LogP contribution < -0.4 is 26.0 Å². The number of aromatic hydroxyl groups is 1. The van der Waals surface area contributed by atoms with Gasteiger partial charge >= 0.3 is 0 Å². The summed E-state index contributed by atoms with van der Waals surface area (Å²) in [5.74, 6) is -3.84. The molecule has 0 aliphatic carbocycles. The van der Waals surface area contributed by atoms with Crippen LogP contribution in [0, 0.1) is 0 Å². The van der Waals surface area contributed by atoms with Gasteiger partial charge in [-0.2, -0.15) is 13.9 Å². The van der Waals surface area contributed by atoms with Crippen LogP contribution in [-0.4, -0.2) is 88.5 Å². The Morgan fingerprint density at radius 3 is 2.55 bits per heavy atom. The zero-order chi connectivity index (χ0) is 34.8. The number of phenols is 1. The minimum atomic E-state index is -1.60. The van der Waals surface area contributed by atoms with Crippen LogP contribution >= 0.6 is 23.3 Å². The van der Waals surface area contributed by atoms with Gasteiger partial charge < -0.3 is 41.5 Å². The van der Waals surface area contributed by atoms with Crippen molar-refractivity contribution in [3.63, 3.8) is 0 Å². The Morgan fingerprint density at radius 1 is 1.16 bits per heavy atom. The average molecular weight is 706 g/mol. The first-order valence-electron chi connectivity index (χ1n) is 14.6. The summed E-state index contributed by atoms with van der Waals surface area (Å²) >= 11 is 1.97. The van der Waals surface area contributed by atoms with Gasteiger partial charge in [-0.1, -0.05) is 5.16 Å². The van der Waals surface area contributed by atoms with Gasteiger partial charge in [-0.15, -0.1) is 11.8 Å². The number of allylic oxidation sites excluding steroid dienone is 1. The molecule has 2 saturated heterocycles. The number of benzene rings is 1. The number of hydrogen-bond acceptors (Lipinski definition) is 14. The monoisotopic (exact) mass is 705 g/mol. The van der Waals surface area contributed by atoms with E-state index < -0.39 is 34.9 Å². The Balaban J connectivity index is 1.08. The summed E-state index contributed by atoms with van der Waals surface area (Å²) in [7, 11) is 0. The van der Waals surface area contributed by atoms with Gasteiger partial charge in [0.25, 0.3) is 17.7 Å². The van der Waals surface area contributed by atoms with Gasteiger partial charge in [0.1, 0.15) is 17.2 Å². The number of carbonyl (C=O) groups excluding carboxylic acids is 5. The second-order valence-electron chi connectivity index (χ2n) is 11.0. The second kappa shape index (κ2) is 13.7. The summed E-state index contributed by atoms with van der Waals surface area (Å²) in [6.45, 7) is 0.729. The number of carboxylic acid groups (broad SMARTS) is 1. The summed E-state index contributed by atoms with van der Waals surface area (Å²) in [5, 5.41) is 38.3. The van der Waals surface area contributed by atoms with E-state index in [1.54, 1.807) is 46.1 Å². The fourth-order valence-electron chi connectivity index (χ4n) is 5.47. The van der Waals surface area contributed by atoms with E-state index in [4.69, 9.17) is 5.73 Å². The topological polar surface area (TPSA) is 247 Å². The molecule has 3 aliphatic rings. The molecule has 17 nitrogen and oxygen atoms in total. The number of nitrogens with two attached hydrogens (primary N) is 1. The van der Waals surface area contributed by atoms with Crippen molar-refractivity contribution in [2.24, 2.45) is 5.16 Å². The van der Waals surface area contributed by atoms with Crippen LogP contribution in [0.2, 0.25) is 0 Å². The standard InChI is InChI=1S/C30H27N9O8S2/c31-30-34-24(36-49-30)21(35-47)25(42)33-22-27(44)39-23(29(45)46)17(14-48-28(22)39)11-16-7-10-38(26(16)43)12-15-5-8-37(9-6-15)13-20(41)32-18-1-3-19(40)4-2-18/h1-6,8-9,11,22,28H,7,10,12-14H2,(H6-,31,32,33,34,35,36,40,41,42,45,46,47)/b16-11+/t22-,28-/m1/s1. The highest BCUT2D eigenvalue weighted by atomic mass is 32.2. The number of carbonyl (C=O) groups is 5. The third-order valence-electron chi connectivity index (χ3n) is 7.82. The van der Waals surface area contributed by atoms with Gasteiger partial charge in [-0.05, 0) is 47.9 Å². The first-order valence-corrected chi connectivity index (χ1v) is 16.4. The molecule has 6 N–H and O–H groups in total. The van der Waals surface area contributed by atoms with Gasteiger partial charge in [-0.3, -0.25) is 24.1 Å². The molecule has 6 rings (SSSR count). The molecule has 0 unspecified atom stereocenters. The van der Waals surface area contributed by atoms with Crippen molar-refractivity contribution < 1.29 is 44.0 Å². The van der Waals surface area contributed by atoms with E-state index >= 15 is 0 Å². The molecule has 252 valence electrons. The highest BCUT2D eigenvalue weighted by Gasteiger charge is 2.53. The normalized spacial score (nSPS) is 19.9. The fraction of sp³-hybridized carbons (Fsp3) is 0.233. The summed E-state index contributed by atoms with van der Waals surface area (Å²) in [6, 6.07) is 8.58. The molecule has 19 heteroatoms. The smallest absolute Gasteiger partial charge is 0.290 e. The third kappa shape index (κ3) is 6.92. The lowest BCUT2D eigenvalue weighted by Gasteiger charge is -2.50. The highest BCUT2D eigenvalue weighted by molar-refractivity contribution is 8.00. The van der Waals surface area contributed by atoms with Gasteiger partial charge in [0.15, 0.2) is 17.5 Å². The SMILES string of the molecule is Nc1nc(/C(=N\O)C(=O)N[C@@H]2C(=O)N3C(C(=O)[O-])=C(/C=C4\CCN(Cc5cc[n+](CC(=O)Nc6ccc(O)cc6)cc5)C4=O)CS[C@H]23)ns1. The van der Waals surface area contributed by atoms with Crippen LogP contribution in [0.4, 0.5) is 10.8 Å². The molecule has 1 aromatic carbocycles. The first-order chi connectivity index (χ1) is 23.5. The Labute approximate surface area is 285 Å². The van der Waals surface area contributed by atoms with Gasteiger partial charge in [0.05, 0.1) is 11.7 Å². The number of carboxylic acids is 1. The van der Waals surface area contributed by atoms with Crippen molar-refractivity contribution in [3.05, 3.63) is 83.1 Å². The Kier molecular flexibility index (Phi) is 9.27. The van der Waals surface area contributed by atoms with Crippen LogP contribution in [0.25, 0.3) is 0 Å². The maximum atomic E-state index is 13.3. The van der Waals surface area contributed by atoms with E-state index in [1.165, 1.54) is 30.0 Å². The molecule has 2 fully saturated rings. The number of nitrogen functional groups attached to an aromatic ring is 1. The molecule has 0 saturated carbocycles. The molecular formula is C30H27N9O8S2. The lowest BCUT2D eigenvalue weighted by molar-refractivity contribution is -0.684. The van der Waals surface area contributed by atoms with Crippen molar-refractivity contribution >= 4 is 69.4 Å². The number of thioether (sulfide) groups is 1. The molecule has 49 heavy (non-hydrogen) atoms. The lowest BCUT2D eigenvalue weighted by atomic mass is 10.0. The van der Waals surface area contributed by atoms with E-state index in [1.807, 2.05) is 0 Å². The number of likely N-dealkylation sites (tertiary alicyclic amines) is 1. The van der Waals surface area contributed by atoms with Crippen LogP contribution in [-0.2, 0) is 37.1 Å². The molecule has 3 aliphatic heterocycles. The highest BCUT2D eigenvalue weighted by Crippen LogP contribution is 2.41. The van der Waals surface area contributed by atoms with Gasteiger partial charge in [0.2, 0.25) is 24.0 Å². The molecule has 0 bridgehead atoms. The van der Waals surface area contributed by atoms with Crippen molar-refractivity contribution in [2.75, 3.05) is 23.3 Å². The number of β-lactam (4-membered cyclic amide) rings is 1. The zero-order valence-electron chi connectivity index (χ0n) is 25.3. The average Bonchev–Trinajstić information content (AvgIpc) is 3.66. The Morgan fingerprint density at radius 2 is 1.90 bits per heavy atom. The Hall–Kier alpha value is -5.82. The molecule has 5 heterocycles. The van der Waals surface area contributed by atoms with E-state index in [9.17, 15) is 39.4 Å². The third-order valence-corrected chi connectivity index (χ3v) is 9.66. The molecule has 2 aromatic heterocycles. The van der Waals surface area contributed by atoms with Crippen molar-refractivity contribution in [2.45, 2.75) is 30.9 Å². The maximum Gasteiger partial charge on any atom is 0.290 e. The van der Waals surface area contributed by atoms with Crippen LogP contribution in [0.3, 0.4) is 0 Å². The maximum absolute atomic E-state index is 13.3. The number of oxime groups is 1. The molecule has 0 radical (unpaired) electrons. The number of aromatic nitrogens is 3. The number of amides is 4. The van der Waals surface area contributed by atoms with Crippen LogP contribution in [0.1, 0.15) is 17.8 Å². The predicted octanol–water partition coefficient (Wildman–Crippen LogP) is -1.31. The number of nitrogens with zero attached hydrogens (tertiary/aromatic N) is 6. The molecular weight excluding hydrogens is 679 g/mol. The number of phenolic OH excluding ortho intramolecular Hbond substituents is 1. The van der Waals surface area contributed by atoms with Gasteiger partial charge in [0, 0.05) is 53.8 Å². The summed E-state index contributed by atoms with van der Waals surface area (Å²) < 4.78 is 5.50. The second-order valence-corrected chi connectivity index (χ2v) is 12.9. The quantitative estimate of drug-likeness (QED) is 0.0314. The summed E-state index contributed by atoms with van der Waals surface area (Å²) in [4.78, 5) is 70.1. The molecule has 3 aromatic rings. The minimum absolute atomic E-state index is 0.0339. The lowest BCUT2D eigenvalue weighted by Crippen LogP contribution is -2.71. The van der Waals surface area contributed by atoms with Crippen molar-refractivity contribution in [1.29, 1.82) is 0 Å². The van der Waals surface area contributed by atoms with E-state index in [0.29, 0.717) is 24.2 Å². The van der Waals surface area contributed by atoms with E-state index in [0.717, 1.165) is 22.0 Å². The van der Waals surface area contributed by atoms with Gasteiger partial charge in [-0.25, -0.2) is 0 Å². The number of anilines is 2. The minimum Gasteiger partial charge on any atom is -0.543 e. The van der Waals surface area contributed by atoms with Crippen molar-refractivity contribution in [1.82, 2.24) is 24.5 Å². The molecule has 4 amide bonds. The predicted molar refractivity (Wildman–Crippen MR) is 171 cm³/mol.